The van der Waals surface area contributed by atoms with E-state index < -0.39 is 30.1 Å². The molecule has 2 bridgehead atoms. The average Bonchev–Trinajstić information content (AvgIpc) is 3.01. The maximum Gasteiger partial charge on any atom is 0.247 e. The van der Waals surface area contributed by atoms with Crippen molar-refractivity contribution in [3.05, 3.63) is 108 Å². The summed E-state index contributed by atoms with van der Waals surface area (Å²) in [6.07, 6.45) is 3.57. The molecular formula is C33H38N4O4. The van der Waals surface area contributed by atoms with Crippen molar-refractivity contribution in [2.45, 2.75) is 50.9 Å². The number of likely N-dealkylation sites (N-methyl/N-ethyl adjacent to an activating group) is 1. The number of hydrogen-bond acceptors (Lipinski definition) is 5. The van der Waals surface area contributed by atoms with Crippen LogP contribution in [0.25, 0.3) is 6.08 Å². The van der Waals surface area contributed by atoms with Crippen LogP contribution in [0.5, 0.6) is 5.75 Å². The molecule has 3 aromatic rings. The van der Waals surface area contributed by atoms with E-state index in [1.54, 1.807) is 31.5 Å². The average molecular weight is 555 g/mol. The number of rotatable bonds is 8. The molecular weight excluding hydrogens is 516 g/mol. The third kappa shape index (κ3) is 7.83. The zero-order valence-electron chi connectivity index (χ0n) is 23.7. The molecule has 8 heteroatoms. The van der Waals surface area contributed by atoms with Crippen molar-refractivity contribution in [1.82, 2.24) is 21.3 Å². The van der Waals surface area contributed by atoms with Crippen molar-refractivity contribution in [2.24, 2.45) is 5.92 Å². The van der Waals surface area contributed by atoms with Gasteiger partial charge in [-0.15, -0.1) is 0 Å². The van der Waals surface area contributed by atoms with Gasteiger partial charge in [-0.05, 0) is 54.3 Å². The molecule has 2 heterocycles. The van der Waals surface area contributed by atoms with Crippen LogP contribution < -0.4 is 26.0 Å². The van der Waals surface area contributed by atoms with Crippen LogP contribution in [0.1, 0.15) is 43.1 Å². The van der Waals surface area contributed by atoms with Crippen LogP contribution in [-0.2, 0) is 20.8 Å². The van der Waals surface area contributed by atoms with Crippen molar-refractivity contribution < 1.29 is 19.1 Å². The van der Waals surface area contributed by atoms with E-state index in [1.165, 1.54) is 0 Å². The van der Waals surface area contributed by atoms with Gasteiger partial charge in [0.05, 0.1) is 6.04 Å². The number of ether oxygens (including phenoxy) is 1. The summed E-state index contributed by atoms with van der Waals surface area (Å²) in [4.78, 5) is 41.0. The fourth-order valence-corrected chi connectivity index (χ4v) is 4.74. The Kier molecular flexibility index (Phi) is 10.3. The van der Waals surface area contributed by atoms with Crippen LogP contribution in [0, 0.1) is 5.92 Å². The Morgan fingerprint density at radius 2 is 1.59 bits per heavy atom. The minimum atomic E-state index is -1.14. The minimum Gasteiger partial charge on any atom is -0.483 e. The Bertz CT molecular complexity index is 1330. The second-order valence-corrected chi connectivity index (χ2v) is 10.2. The predicted octanol–water partition coefficient (Wildman–Crippen LogP) is 3.75. The summed E-state index contributed by atoms with van der Waals surface area (Å²) >= 11 is 0. The van der Waals surface area contributed by atoms with Crippen molar-refractivity contribution in [3.8, 4) is 5.75 Å². The van der Waals surface area contributed by atoms with E-state index in [-0.39, 0.29) is 17.7 Å². The highest BCUT2D eigenvalue weighted by Gasteiger charge is 2.37. The Labute approximate surface area is 241 Å². The monoisotopic (exact) mass is 554 g/mol. The molecule has 8 nitrogen and oxygen atoms in total. The maximum absolute atomic E-state index is 14.1. The van der Waals surface area contributed by atoms with Crippen molar-refractivity contribution >= 4 is 23.8 Å². The molecule has 0 saturated heterocycles. The number of amides is 3. The summed E-state index contributed by atoms with van der Waals surface area (Å²) in [6, 6.07) is 23.7. The summed E-state index contributed by atoms with van der Waals surface area (Å²) in [6.45, 7) is 3.87. The first-order valence-electron chi connectivity index (χ1n) is 14.0. The fraction of sp³-hybridized carbons (Fsp3) is 0.303. The largest absolute Gasteiger partial charge is 0.483 e. The smallest absolute Gasteiger partial charge is 0.247 e. The van der Waals surface area contributed by atoms with Crippen LogP contribution >= 0.6 is 0 Å². The standard InChI is InChI=1S/C33H38N4O4/c1-4-22(2)28-32(39)35-20-19-23-15-17-26(18-16-23)41-30(25-13-9-6-10-14-25)29(33(40)36-28)37-31(38)27(34-3)21-24-11-7-5-8-12-24/h5-20,22,27-30,34H,4,21H2,1-3H3,(H,35,39)(H,36,40)(H,37,38)/b20-19-/t22-,27-,28-,29-,30+/m1/s1. The van der Waals surface area contributed by atoms with Crippen LogP contribution in [0.15, 0.2) is 91.1 Å². The van der Waals surface area contributed by atoms with E-state index in [2.05, 4.69) is 21.3 Å². The molecule has 3 aromatic carbocycles. The first-order chi connectivity index (χ1) is 19.9. The topological polar surface area (TPSA) is 109 Å². The highest BCUT2D eigenvalue weighted by atomic mass is 16.5. The van der Waals surface area contributed by atoms with Gasteiger partial charge in [0.15, 0.2) is 6.10 Å². The molecule has 2 aliphatic rings. The summed E-state index contributed by atoms with van der Waals surface area (Å²) in [7, 11) is 1.71. The van der Waals surface area contributed by atoms with Gasteiger partial charge in [0.25, 0.3) is 0 Å². The summed E-state index contributed by atoms with van der Waals surface area (Å²) in [5.41, 5.74) is 2.56. The van der Waals surface area contributed by atoms with E-state index in [4.69, 9.17) is 4.74 Å². The molecule has 5 rings (SSSR count). The van der Waals surface area contributed by atoms with E-state index in [0.29, 0.717) is 24.2 Å². The molecule has 0 radical (unpaired) electrons. The number of carbonyl (C=O) groups is 3. The third-order valence-corrected chi connectivity index (χ3v) is 7.40. The van der Waals surface area contributed by atoms with Gasteiger partial charge >= 0.3 is 0 Å². The lowest BCUT2D eigenvalue weighted by Gasteiger charge is -2.32. The third-order valence-electron chi connectivity index (χ3n) is 7.40. The molecule has 3 amide bonds. The summed E-state index contributed by atoms with van der Waals surface area (Å²) in [5.74, 6) is -0.826. The molecule has 0 saturated carbocycles. The second-order valence-electron chi connectivity index (χ2n) is 10.2. The Morgan fingerprint density at radius 1 is 0.927 bits per heavy atom. The second kappa shape index (κ2) is 14.3. The van der Waals surface area contributed by atoms with Gasteiger partial charge < -0.3 is 26.0 Å². The zero-order chi connectivity index (χ0) is 29.2. The number of fused-ring (bicyclic) bond motifs is 10. The lowest BCUT2D eigenvalue weighted by molar-refractivity contribution is -0.135. The number of carbonyl (C=O) groups excluding carboxylic acids is 3. The zero-order valence-corrected chi connectivity index (χ0v) is 23.7. The fourth-order valence-electron chi connectivity index (χ4n) is 4.74. The van der Waals surface area contributed by atoms with E-state index >= 15 is 0 Å². The van der Waals surface area contributed by atoms with Crippen LogP contribution in [-0.4, -0.2) is 42.9 Å². The van der Waals surface area contributed by atoms with E-state index in [9.17, 15) is 14.4 Å². The van der Waals surface area contributed by atoms with Crippen LogP contribution in [0.3, 0.4) is 0 Å². The Hall–Kier alpha value is -4.43. The van der Waals surface area contributed by atoms with Crippen molar-refractivity contribution in [3.63, 3.8) is 0 Å². The molecule has 4 N–H and O–H groups in total. The lowest BCUT2D eigenvalue weighted by Crippen LogP contribution is -2.59. The molecule has 0 aromatic heterocycles. The highest BCUT2D eigenvalue weighted by molar-refractivity contribution is 5.94. The SMILES string of the molecule is CC[C@@H](C)[C@H]1NC(=O)[C@H](NC(=O)[C@@H](Cc2ccccc2)NC)[C@H](c2ccccc2)Oc2ccc(cc2)/C=C\NC1=O. The van der Waals surface area contributed by atoms with Gasteiger partial charge in [-0.25, -0.2) is 0 Å². The quantitative estimate of drug-likeness (QED) is 0.339. The molecule has 2 aliphatic heterocycles. The Morgan fingerprint density at radius 3 is 2.22 bits per heavy atom. The van der Waals surface area contributed by atoms with Gasteiger partial charge in [-0.1, -0.05) is 93.1 Å². The minimum absolute atomic E-state index is 0.158. The summed E-state index contributed by atoms with van der Waals surface area (Å²) < 4.78 is 6.44. The molecule has 0 aliphatic carbocycles. The van der Waals surface area contributed by atoms with Crippen LogP contribution in [0.2, 0.25) is 0 Å². The highest BCUT2D eigenvalue weighted by Crippen LogP contribution is 2.27. The van der Waals surface area contributed by atoms with Gasteiger partial charge in [0.1, 0.15) is 17.8 Å². The molecule has 41 heavy (non-hydrogen) atoms. The predicted molar refractivity (Wildman–Crippen MR) is 160 cm³/mol. The molecule has 0 spiro atoms. The number of hydrogen-bond donors (Lipinski definition) is 4. The van der Waals surface area contributed by atoms with Gasteiger partial charge in [0.2, 0.25) is 17.7 Å². The van der Waals surface area contributed by atoms with Gasteiger partial charge in [-0.2, -0.15) is 0 Å². The Balaban J connectivity index is 1.75. The molecule has 0 fully saturated rings. The normalized spacial score (nSPS) is 21.4. The first kappa shape index (κ1) is 29.6. The maximum atomic E-state index is 14.1. The summed E-state index contributed by atoms with van der Waals surface area (Å²) in [5, 5.41) is 11.8. The van der Waals surface area contributed by atoms with Crippen molar-refractivity contribution in [2.75, 3.05) is 7.05 Å². The van der Waals surface area contributed by atoms with Gasteiger partial charge in [-0.3, -0.25) is 14.4 Å². The molecule has 214 valence electrons. The number of benzene rings is 3. The molecule has 5 atom stereocenters. The van der Waals surface area contributed by atoms with E-state index in [0.717, 1.165) is 11.1 Å². The van der Waals surface area contributed by atoms with Crippen molar-refractivity contribution in [1.29, 1.82) is 0 Å². The van der Waals surface area contributed by atoms with Crippen LogP contribution in [0.4, 0.5) is 0 Å². The van der Waals surface area contributed by atoms with E-state index in [1.807, 2.05) is 86.6 Å². The van der Waals surface area contributed by atoms with Gasteiger partial charge in [0, 0.05) is 6.20 Å². The first-order valence-corrected chi connectivity index (χ1v) is 14.0. The number of nitrogens with one attached hydrogen (secondary N) is 4. The lowest BCUT2D eigenvalue weighted by atomic mass is 9.95. The molecule has 0 unspecified atom stereocenters.